The standard InChI is InChI=1S/C26H36N4O9S/c1-26(2,24(32)37-23(31)22(27)9-5-14-30-25(28)29)38-21-8-4-7-20(17-21)36-16-6-15-35-18-10-12-19(13-11-18)39-40(3,33)34/h4,7-8,10-13,17,22H,5-6,9,14-16,27H2,1-3H3,(H4,28,29,30)/t22-/m0/s1. The Morgan fingerprint density at radius 1 is 0.925 bits per heavy atom. The third kappa shape index (κ3) is 12.2. The summed E-state index contributed by atoms with van der Waals surface area (Å²) in [6.45, 7) is 3.93. The molecular weight excluding hydrogens is 544 g/mol. The molecule has 2 aromatic carbocycles. The molecule has 0 aliphatic carbocycles. The van der Waals surface area contributed by atoms with Crippen LogP contribution in [-0.4, -0.2) is 64.0 Å². The molecule has 0 unspecified atom stereocenters. The number of esters is 2. The van der Waals surface area contributed by atoms with E-state index in [1.165, 1.54) is 26.0 Å². The molecule has 0 aliphatic heterocycles. The summed E-state index contributed by atoms with van der Waals surface area (Å²) in [5.41, 5.74) is 14.8. The molecule has 1 atom stereocenters. The van der Waals surface area contributed by atoms with E-state index in [4.69, 9.17) is 40.3 Å². The maximum absolute atomic E-state index is 12.6. The summed E-state index contributed by atoms with van der Waals surface area (Å²) in [5.74, 6) is -0.235. The third-order valence-corrected chi connectivity index (χ3v) is 5.53. The van der Waals surface area contributed by atoms with Crippen LogP contribution in [0, 0.1) is 0 Å². The van der Waals surface area contributed by atoms with E-state index < -0.39 is 33.7 Å². The van der Waals surface area contributed by atoms with Gasteiger partial charge in [0.05, 0.1) is 19.5 Å². The molecule has 0 heterocycles. The van der Waals surface area contributed by atoms with Crippen molar-refractivity contribution in [3.63, 3.8) is 0 Å². The lowest BCUT2D eigenvalue weighted by Gasteiger charge is -2.24. The fourth-order valence-electron chi connectivity index (χ4n) is 3.10. The first-order valence-electron chi connectivity index (χ1n) is 12.4. The van der Waals surface area contributed by atoms with Gasteiger partial charge in [-0.15, -0.1) is 0 Å². The number of nitrogens with zero attached hydrogens (tertiary/aromatic N) is 1. The van der Waals surface area contributed by atoms with Gasteiger partial charge in [-0.3, -0.25) is 4.99 Å². The second-order valence-corrected chi connectivity index (χ2v) is 10.7. The van der Waals surface area contributed by atoms with Crippen LogP contribution in [0.15, 0.2) is 53.5 Å². The molecule has 0 saturated heterocycles. The summed E-state index contributed by atoms with van der Waals surface area (Å²) in [5, 5.41) is 0. The van der Waals surface area contributed by atoms with Crippen molar-refractivity contribution >= 4 is 28.0 Å². The molecule has 0 fully saturated rings. The molecule has 2 aromatic rings. The van der Waals surface area contributed by atoms with E-state index in [1.807, 2.05) is 0 Å². The lowest BCUT2D eigenvalue weighted by atomic mass is 10.1. The third-order valence-electron chi connectivity index (χ3n) is 5.03. The largest absolute Gasteiger partial charge is 0.493 e. The summed E-state index contributed by atoms with van der Waals surface area (Å²) in [6, 6.07) is 11.9. The molecule has 14 heteroatoms. The van der Waals surface area contributed by atoms with E-state index in [1.54, 1.807) is 36.4 Å². The van der Waals surface area contributed by atoms with Gasteiger partial charge in [-0.2, -0.15) is 8.42 Å². The fraction of sp³-hybridized carbons (Fsp3) is 0.423. The van der Waals surface area contributed by atoms with Gasteiger partial charge in [0.25, 0.3) is 0 Å². The summed E-state index contributed by atoms with van der Waals surface area (Å²) >= 11 is 0. The number of carbonyl (C=O) groups excluding carboxylic acids is 2. The molecule has 0 spiro atoms. The molecule has 0 aliphatic rings. The number of rotatable bonds is 16. The van der Waals surface area contributed by atoms with E-state index in [2.05, 4.69) is 4.99 Å². The second kappa shape index (κ2) is 14.9. The predicted molar refractivity (Wildman–Crippen MR) is 148 cm³/mol. The van der Waals surface area contributed by atoms with Crippen LogP contribution in [0.1, 0.15) is 33.1 Å². The average Bonchev–Trinajstić information content (AvgIpc) is 2.86. The Labute approximate surface area is 233 Å². The van der Waals surface area contributed by atoms with E-state index >= 15 is 0 Å². The van der Waals surface area contributed by atoms with Crippen LogP contribution in [0.5, 0.6) is 23.0 Å². The maximum Gasteiger partial charge on any atom is 0.357 e. The van der Waals surface area contributed by atoms with Gasteiger partial charge >= 0.3 is 22.1 Å². The Balaban J connectivity index is 1.77. The molecule has 6 N–H and O–H groups in total. The van der Waals surface area contributed by atoms with Gasteiger partial charge in [0.15, 0.2) is 5.96 Å². The molecule has 0 saturated carbocycles. The van der Waals surface area contributed by atoms with Crippen molar-refractivity contribution in [2.75, 3.05) is 26.0 Å². The first kappa shape index (κ1) is 32.2. The lowest BCUT2D eigenvalue weighted by molar-refractivity contribution is -0.170. The topological polar surface area (TPSA) is 205 Å². The van der Waals surface area contributed by atoms with Crippen molar-refractivity contribution in [2.45, 2.75) is 44.8 Å². The van der Waals surface area contributed by atoms with E-state index in [-0.39, 0.29) is 18.1 Å². The highest BCUT2D eigenvalue weighted by atomic mass is 32.2. The van der Waals surface area contributed by atoms with Crippen LogP contribution in [0.4, 0.5) is 0 Å². The van der Waals surface area contributed by atoms with Crippen LogP contribution in [0.2, 0.25) is 0 Å². The molecule has 0 amide bonds. The fourth-order valence-corrected chi connectivity index (χ4v) is 3.56. The van der Waals surface area contributed by atoms with Crippen molar-refractivity contribution in [3.8, 4) is 23.0 Å². The molecule has 13 nitrogen and oxygen atoms in total. The SMILES string of the molecule is CC(C)(Oc1cccc(OCCCOc2ccc(OS(C)(=O)=O)cc2)c1)C(=O)OC(=O)[C@@H](N)CCCN=C(N)N. The Morgan fingerprint density at radius 2 is 1.52 bits per heavy atom. The van der Waals surface area contributed by atoms with E-state index in [0.717, 1.165) is 6.26 Å². The van der Waals surface area contributed by atoms with Crippen LogP contribution in [-0.2, 0) is 24.4 Å². The van der Waals surface area contributed by atoms with Crippen molar-refractivity contribution in [1.82, 2.24) is 0 Å². The predicted octanol–water partition coefficient (Wildman–Crippen LogP) is 1.48. The number of benzene rings is 2. The van der Waals surface area contributed by atoms with Gasteiger partial charge in [-0.1, -0.05) is 6.07 Å². The van der Waals surface area contributed by atoms with Crippen LogP contribution in [0.3, 0.4) is 0 Å². The number of ether oxygens (including phenoxy) is 4. The smallest absolute Gasteiger partial charge is 0.357 e. The van der Waals surface area contributed by atoms with Crippen molar-refractivity contribution in [3.05, 3.63) is 48.5 Å². The summed E-state index contributed by atoms with van der Waals surface area (Å²) in [6.07, 6.45) is 2.20. The Hall–Kier alpha value is -4.04. The molecule has 40 heavy (non-hydrogen) atoms. The van der Waals surface area contributed by atoms with Crippen molar-refractivity contribution < 1.29 is 41.1 Å². The van der Waals surface area contributed by atoms with Crippen molar-refractivity contribution in [2.24, 2.45) is 22.2 Å². The second-order valence-electron chi connectivity index (χ2n) is 9.16. The average molecular weight is 581 g/mol. The lowest BCUT2D eigenvalue weighted by Crippen LogP contribution is -2.44. The molecule has 0 radical (unpaired) electrons. The van der Waals surface area contributed by atoms with Gasteiger partial charge in [0.1, 0.15) is 29.0 Å². The van der Waals surface area contributed by atoms with Crippen LogP contribution >= 0.6 is 0 Å². The molecular formula is C26H36N4O9S. The van der Waals surface area contributed by atoms with Crippen LogP contribution in [0.25, 0.3) is 0 Å². The highest BCUT2D eigenvalue weighted by molar-refractivity contribution is 7.86. The summed E-state index contributed by atoms with van der Waals surface area (Å²) in [4.78, 5) is 28.6. The highest BCUT2D eigenvalue weighted by Gasteiger charge is 2.35. The van der Waals surface area contributed by atoms with Gasteiger partial charge in [-0.25, -0.2) is 9.59 Å². The number of hydrogen-bond acceptors (Lipinski definition) is 11. The van der Waals surface area contributed by atoms with Gasteiger partial charge in [-0.05, 0) is 63.1 Å². The quantitative estimate of drug-likeness (QED) is 0.0645. The number of guanidine groups is 1. The normalized spacial score (nSPS) is 12.1. The minimum atomic E-state index is -3.59. The number of hydrogen-bond donors (Lipinski definition) is 3. The Bertz CT molecular complexity index is 1260. The summed E-state index contributed by atoms with van der Waals surface area (Å²) in [7, 11) is -3.59. The monoisotopic (exact) mass is 580 g/mol. The van der Waals surface area contributed by atoms with Crippen molar-refractivity contribution in [1.29, 1.82) is 0 Å². The van der Waals surface area contributed by atoms with Gasteiger partial charge < -0.3 is 40.3 Å². The minimum absolute atomic E-state index is 0.0577. The zero-order valence-corrected chi connectivity index (χ0v) is 23.5. The number of nitrogens with two attached hydrogens (primary N) is 3. The maximum atomic E-state index is 12.6. The zero-order valence-electron chi connectivity index (χ0n) is 22.7. The molecule has 0 aromatic heterocycles. The molecule has 2 rings (SSSR count). The number of carbonyl (C=O) groups is 2. The Morgan fingerprint density at radius 3 is 2.15 bits per heavy atom. The zero-order chi connectivity index (χ0) is 29.8. The van der Waals surface area contributed by atoms with Crippen LogP contribution < -0.4 is 35.6 Å². The minimum Gasteiger partial charge on any atom is -0.493 e. The molecule has 220 valence electrons. The highest BCUT2D eigenvalue weighted by Crippen LogP contribution is 2.25. The summed E-state index contributed by atoms with van der Waals surface area (Å²) < 4.78 is 49.1. The number of aliphatic imine (C=N–C) groups is 1. The first-order chi connectivity index (χ1) is 18.7. The Kier molecular flexibility index (Phi) is 12.0. The van der Waals surface area contributed by atoms with E-state index in [9.17, 15) is 18.0 Å². The first-order valence-corrected chi connectivity index (χ1v) is 14.2. The van der Waals surface area contributed by atoms with Gasteiger partial charge in [0.2, 0.25) is 5.60 Å². The van der Waals surface area contributed by atoms with Gasteiger partial charge in [0, 0.05) is 19.0 Å². The van der Waals surface area contributed by atoms with E-state index in [0.29, 0.717) is 49.8 Å². The molecule has 0 bridgehead atoms.